The number of sulfonamides is 1. The number of halogens is 6. The van der Waals surface area contributed by atoms with Crippen LogP contribution < -0.4 is 14.8 Å². The van der Waals surface area contributed by atoms with Gasteiger partial charge in [0.15, 0.2) is 5.69 Å². The van der Waals surface area contributed by atoms with Crippen LogP contribution in [0.25, 0.3) is 11.3 Å². The molecule has 1 aliphatic rings. The molecule has 0 radical (unpaired) electrons. The van der Waals surface area contributed by atoms with Crippen molar-refractivity contribution < 1.29 is 44.7 Å². The van der Waals surface area contributed by atoms with Crippen molar-refractivity contribution in [3.05, 3.63) is 28.7 Å². The normalized spacial score (nSPS) is 18.0. The van der Waals surface area contributed by atoms with Gasteiger partial charge in [0.1, 0.15) is 5.75 Å². The Morgan fingerprint density at radius 2 is 1.81 bits per heavy atom. The largest absolute Gasteiger partial charge is 0.434 e. The molecule has 2 amide bonds. The summed E-state index contributed by atoms with van der Waals surface area (Å²) in [7, 11) is -3.78. The van der Waals surface area contributed by atoms with E-state index in [9.17, 15) is 40.0 Å². The number of carbonyl (C=O) groups excluding carboxylic acids is 2. The lowest BCUT2D eigenvalue weighted by Gasteiger charge is -2.28. The van der Waals surface area contributed by atoms with Crippen molar-refractivity contribution in [3.8, 4) is 17.0 Å². The summed E-state index contributed by atoms with van der Waals surface area (Å²) >= 11 is 6.52. The minimum Gasteiger partial charge on any atom is -0.434 e. The van der Waals surface area contributed by atoms with Crippen LogP contribution >= 0.6 is 11.6 Å². The Bertz CT molecular complexity index is 1440. The molecule has 240 valence electrons. The molecule has 0 aliphatic heterocycles. The second kappa shape index (κ2) is 13.3. The molecule has 0 saturated heterocycles. The van der Waals surface area contributed by atoms with Crippen LogP contribution in [-0.2, 0) is 27.8 Å². The number of nitrogens with one attached hydrogen (secondary N) is 2. The highest BCUT2D eigenvalue weighted by atomic mass is 35.5. The van der Waals surface area contributed by atoms with Gasteiger partial charge in [0.25, 0.3) is 5.91 Å². The standard InChI is InChI=1S/C26H33ClF5N5O5S/c1-5-37-22(18-13-33-16(10-19(18)42-24(28)29)11-25(3,4)26(30,31)32)20(27)21(35-37)23(39)34-12-15-6-8-17(9-7-15)43(40,41)36-14(2)38/h10,13,15,17,24H,5-9,11-12H2,1-4H3,(H,34,39)(H,36,38). The Morgan fingerprint density at radius 1 is 1.19 bits per heavy atom. The molecular weight excluding hydrogens is 625 g/mol. The molecule has 0 spiro atoms. The lowest BCUT2D eigenvalue weighted by Crippen LogP contribution is -2.40. The minimum atomic E-state index is -4.58. The van der Waals surface area contributed by atoms with Gasteiger partial charge in [-0.25, -0.2) is 8.42 Å². The van der Waals surface area contributed by atoms with Gasteiger partial charge in [-0.15, -0.1) is 0 Å². The van der Waals surface area contributed by atoms with Crippen LogP contribution in [0.15, 0.2) is 12.3 Å². The molecular formula is C26H33ClF5N5O5S. The zero-order valence-corrected chi connectivity index (χ0v) is 25.5. The zero-order chi connectivity index (χ0) is 32.3. The van der Waals surface area contributed by atoms with Gasteiger partial charge in [-0.05, 0) is 38.5 Å². The Balaban J connectivity index is 1.80. The molecule has 2 heterocycles. The van der Waals surface area contributed by atoms with Crippen molar-refractivity contribution in [2.75, 3.05) is 6.54 Å². The van der Waals surface area contributed by atoms with E-state index in [0.717, 1.165) is 33.0 Å². The first-order valence-corrected chi connectivity index (χ1v) is 15.4. The van der Waals surface area contributed by atoms with Crippen LogP contribution in [0, 0.1) is 11.3 Å². The number of aromatic nitrogens is 3. The molecule has 1 aliphatic carbocycles. The topological polar surface area (TPSA) is 132 Å². The van der Waals surface area contributed by atoms with Gasteiger partial charge in [0.05, 0.1) is 26.9 Å². The number of alkyl halides is 5. The third-order valence-corrected chi connectivity index (χ3v) is 9.54. The zero-order valence-electron chi connectivity index (χ0n) is 23.9. The quantitative estimate of drug-likeness (QED) is 0.321. The summed E-state index contributed by atoms with van der Waals surface area (Å²) in [5.74, 6) is -1.86. The Labute approximate surface area is 250 Å². The molecule has 2 N–H and O–H groups in total. The number of aryl methyl sites for hydroxylation is 1. The molecule has 0 atom stereocenters. The Kier molecular flexibility index (Phi) is 10.7. The second-order valence-electron chi connectivity index (χ2n) is 11.0. The molecule has 1 saturated carbocycles. The fourth-order valence-electron chi connectivity index (χ4n) is 4.82. The maximum absolute atomic E-state index is 13.4. The maximum atomic E-state index is 13.4. The van der Waals surface area contributed by atoms with E-state index in [2.05, 4.69) is 20.1 Å². The molecule has 1 fully saturated rings. The van der Waals surface area contributed by atoms with E-state index in [-0.39, 0.29) is 46.7 Å². The summed E-state index contributed by atoms with van der Waals surface area (Å²) in [6.45, 7) is 1.71. The van der Waals surface area contributed by atoms with E-state index in [1.807, 2.05) is 4.72 Å². The van der Waals surface area contributed by atoms with E-state index in [4.69, 9.17) is 11.6 Å². The Morgan fingerprint density at radius 3 is 2.35 bits per heavy atom. The van der Waals surface area contributed by atoms with Crippen LogP contribution in [0.3, 0.4) is 0 Å². The van der Waals surface area contributed by atoms with Crippen molar-refractivity contribution in [1.29, 1.82) is 0 Å². The van der Waals surface area contributed by atoms with E-state index in [1.54, 1.807) is 6.92 Å². The summed E-state index contributed by atoms with van der Waals surface area (Å²) < 4.78 is 99.2. The second-order valence-corrected chi connectivity index (χ2v) is 13.3. The van der Waals surface area contributed by atoms with Gasteiger partial charge in [-0.2, -0.15) is 27.1 Å². The first-order chi connectivity index (χ1) is 19.9. The highest BCUT2D eigenvalue weighted by Gasteiger charge is 2.47. The molecule has 43 heavy (non-hydrogen) atoms. The van der Waals surface area contributed by atoms with Crippen molar-refractivity contribution in [1.82, 2.24) is 24.8 Å². The van der Waals surface area contributed by atoms with Gasteiger partial charge in [-0.1, -0.05) is 25.4 Å². The van der Waals surface area contributed by atoms with E-state index < -0.39 is 57.5 Å². The van der Waals surface area contributed by atoms with E-state index in [1.165, 1.54) is 4.68 Å². The molecule has 2 aromatic rings. The number of carbonyl (C=O) groups is 2. The Hall–Kier alpha value is -3.01. The third kappa shape index (κ3) is 8.34. The third-order valence-electron chi connectivity index (χ3n) is 7.26. The van der Waals surface area contributed by atoms with Gasteiger partial charge in [-0.3, -0.25) is 24.0 Å². The molecule has 0 aromatic carbocycles. The van der Waals surface area contributed by atoms with Crippen LogP contribution in [-0.4, -0.2) is 59.6 Å². The van der Waals surface area contributed by atoms with Crippen molar-refractivity contribution in [3.63, 3.8) is 0 Å². The number of nitrogens with zero attached hydrogens (tertiary/aromatic N) is 3. The molecule has 17 heteroatoms. The predicted molar refractivity (Wildman–Crippen MR) is 147 cm³/mol. The highest BCUT2D eigenvalue weighted by molar-refractivity contribution is 7.90. The van der Waals surface area contributed by atoms with E-state index >= 15 is 0 Å². The van der Waals surface area contributed by atoms with Crippen LogP contribution in [0.5, 0.6) is 5.75 Å². The summed E-state index contributed by atoms with van der Waals surface area (Å²) in [5, 5.41) is 6.01. The summed E-state index contributed by atoms with van der Waals surface area (Å²) in [4.78, 5) is 28.3. The number of rotatable bonds is 11. The fraction of sp³-hybridized carbons (Fsp3) is 0.615. The number of pyridine rings is 1. The number of ether oxygens (including phenoxy) is 1. The number of hydrogen-bond acceptors (Lipinski definition) is 7. The van der Waals surface area contributed by atoms with Crippen LogP contribution in [0.1, 0.15) is 69.6 Å². The monoisotopic (exact) mass is 657 g/mol. The van der Waals surface area contributed by atoms with Crippen LogP contribution in [0.4, 0.5) is 22.0 Å². The molecule has 0 unspecified atom stereocenters. The number of hydrogen-bond donors (Lipinski definition) is 2. The first-order valence-electron chi connectivity index (χ1n) is 13.4. The minimum absolute atomic E-state index is 0.0165. The maximum Gasteiger partial charge on any atom is 0.394 e. The molecule has 2 aromatic heterocycles. The van der Waals surface area contributed by atoms with Crippen molar-refractivity contribution in [2.24, 2.45) is 11.3 Å². The average molecular weight is 658 g/mol. The molecule has 10 nitrogen and oxygen atoms in total. The fourth-order valence-corrected chi connectivity index (χ4v) is 6.60. The molecule has 0 bridgehead atoms. The average Bonchev–Trinajstić information content (AvgIpc) is 3.21. The molecule has 3 rings (SSSR count). The SMILES string of the molecule is CCn1nc(C(=O)NCC2CCC(S(=O)(=O)NC(C)=O)CC2)c(Cl)c1-c1cnc(CC(C)(C)C(F)(F)F)cc1OC(F)F. The predicted octanol–water partition coefficient (Wildman–Crippen LogP) is 5.11. The number of amides is 2. The first kappa shape index (κ1) is 34.5. The van der Waals surface area contributed by atoms with E-state index in [0.29, 0.717) is 25.7 Å². The summed E-state index contributed by atoms with van der Waals surface area (Å²) in [6.07, 6.45) is -2.57. The summed E-state index contributed by atoms with van der Waals surface area (Å²) in [6, 6.07) is 0.987. The van der Waals surface area contributed by atoms with Gasteiger partial charge < -0.3 is 10.1 Å². The van der Waals surface area contributed by atoms with Crippen molar-refractivity contribution >= 4 is 33.4 Å². The van der Waals surface area contributed by atoms with Crippen LogP contribution in [0.2, 0.25) is 5.02 Å². The lowest BCUT2D eigenvalue weighted by atomic mass is 9.86. The van der Waals surface area contributed by atoms with Gasteiger partial charge in [0.2, 0.25) is 15.9 Å². The van der Waals surface area contributed by atoms with Gasteiger partial charge in [0, 0.05) is 44.4 Å². The van der Waals surface area contributed by atoms with Gasteiger partial charge >= 0.3 is 12.8 Å². The smallest absolute Gasteiger partial charge is 0.394 e. The van der Waals surface area contributed by atoms with Crippen molar-refractivity contribution in [2.45, 2.75) is 84.4 Å². The summed E-state index contributed by atoms with van der Waals surface area (Å²) in [5.41, 5.74) is -2.63. The lowest BCUT2D eigenvalue weighted by molar-refractivity contribution is -0.211. The highest BCUT2D eigenvalue weighted by Crippen LogP contribution is 2.42.